The summed E-state index contributed by atoms with van der Waals surface area (Å²) in [5.74, 6) is -0.969. The van der Waals surface area contributed by atoms with Gasteiger partial charge in [-0.25, -0.2) is 0 Å². The summed E-state index contributed by atoms with van der Waals surface area (Å²) < 4.78 is 0. The van der Waals surface area contributed by atoms with Gasteiger partial charge in [-0.2, -0.15) is 0 Å². The average molecular weight is 463 g/mol. The second-order valence-corrected chi connectivity index (χ2v) is 6.01. The quantitative estimate of drug-likeness (QED) is 0.255. The van der Waals surface area contributed by atoms with Crippen molar-refractivity contribution in [2.45, 2.75) is 12.8 Å². The molecule has 0 atom stereocenters. The molecule has 136 valence electrons. The van der Waals surface area contributed by atoms with Crippen LogP contribution < -0.4 is 0 Å². The Labute approximate surface area is 175 Å². The van der Waals surface area contributed by atoms with E-state index in [2.05, 4.69) is 0 Å². The van der Waals surface area contributed by atoms with Crippen molar-refractivity contribution >= 4 is 46.1 Å². The fourth-order valence-electron chi connectivity index (χ4n) is 2.17. The largest absolute Gasteiger partial charge is 0.294 e. The van der Waals surface area contributed by atoms with E-state index in [1.165, 1.54) is 24.3 Å². The molecule has 0 amide bonds. The van der Waals surface area contributed by atoms with E-state index in [1.54, 1.807) is 0 Å². The first-order valence-corrected chi connectivity index (χ1v) is 7.90. The van der Waals surface area contributed by atoms with Crippen molar-refractivity contribution < 1.29 is 38.9 Å². The van der Waals surface area contributed by atoms with E-state index >= 15 is 0 Å². The van der Waals surface area contributed by atoms with Gasteiger partial charge in [0.25, 0.3) is 11.4 Å². The van der Waals surface area contributed by atoms with Gasteiger partial charge in [-0.05, 0) is 24.3 Å². The molecular weight excluding hydrogens is 452 g/mol. The Morgan fingerprint density at radius 2 is 1.11 bits per heavy atom. The van der Waals surface area contributed by atoms with Crippen LogP contribution in [-0.2, 0) is 19.5 Å². The van der Waals surface area contributed by atoms with Gasteiger partial charge in [0.2, 0.25) is 0 Å². The zero-order valence-corrected chi connectivity index (χ0v) is 18.2. The van der Waals surface area contributed by atoms with Crippen molar-refractivity contribution in [1.29, 1.82) is 0 Å². The molecule has 0 N–H and O–H groups in total. The maximum Gasteiger partial charge on any atom is 0.288 e. The van der Waals surface area contributed by atoms with E-state index in [-0.39, 0.29) is 53.5 Å². The third kappa shape index (κ3) is 5.63. The van der Waals surface area contributed by atoms with Gasteiger partial charge in [0.1, 0.15) is 10.0 Å². The number of nitro groups is 2. The minimum atomic E-state index is -0.711. The van der Waals surface area contributed by atoms with Gasteiger partial charge in [-0.15, -0.1) is 0 Å². The molecule has 0 radical (unpaired) electrons. The molecule has 0 fully saturated rings. The van der Waals surface area contributed by atoms with E-state index in [0.29, 0.717) is 0 Å². The van der Waals surface area contributed by atoms with Crippen LogP contribution in [0.4, 0.5) is 11.4 Å². The zero-order valence-electron chi connectivity index (χ0n) is 13.7. The van der Waals surface area contributed by atoms with Gasteiger partial charge in [0, 0.05) is 55.6 Å². The van der Waals surface area contributed by atoms with Gasteiger partial charge in [-0.1, -0.05) is 23.2 Å². The minimum Gasteiger partial charge on any atom is -0.294 e. The maximum absolute atomic E-state index is 12.1. The number of hydrogen-bond acceptors (Lipinski definition) is 6. The van der Waals surface area contributed by atoms with Crippen LogP contribution in [0.3, 0.4) is 0 Å². The van der Waals surface area contributed by atoms with Crippen molar-refractivity contribution in [1.82, 2.24) is 0 Å². The van der Waals surface area contributed by atoms with Crippen molar-refractivity contribution in [3.8, 4) is 0 Å². The second-order valence-electron chi connectivity index (χ2n) is 5.19. The average Bonchev–Trinajstić information content (AvgIpc) is 2.59. The topological polar surface area (TPSA) is 120 Å². The van der Waals surface area contributed by atoms with E-state index < -0.39 is 32.8 Å². The molecule has 0 aromatic heterocycles. The van der Waals surface area contributed by atoms with Crippen LogP contribution in [0.2, 0.25) is 10.0 Å². The van der Waals surface area contributed by atoms with E-state index in [4.69, 9.17) is 23.2 Å². The molecular formula is C16H10Cl2N2O6Zn. The first kappa shape index (κ1) is 22.8. The molecule has 2 aromatic rings. The molecule has 0 spiro atoms. The number of rotatable bonds is 7. The van der Waals surface area contributed by atoms with Crippen LogP contribution >= 0.6 is 23.2 Å². The Bertz CT molecular complexity index is 860. The monoisotopic (exact) mass is 460 g/mol. The van der Waals surface area contributed by atoms with Crippen molar-refractivity contribution in [2.75, 3.05) is 0 Å². The third-order valence-corrected chi connectivity index (χ3v) is 4.15. The van der Waals surface area contributed by atoms with Crippen molar-refractivity contribution in [3.63, 3.8) is 0 Å². The fourth-order valence-corrected chi connectivity index (χ4v) is 2.54. The van der Waals surface area contributed by atoms with Crippen LogP contribution in [0.5, 0.6) is 0 Å². The van der Waals surface area contributed by atoms with Crippen LogP contribution in [-0.4, -0.2) is 21.4 Å². The first-order chi connectivity index (χ1) is 12.2. The number of benzene rings is 2. The molecule has 0 aliphatic rings. The Kier molecular flexibility index (Phi) is 8.15. The number of carbonyl (C=O) groups is 2. The molecule has 11 heteroatoms. The molecule has 0 aliphatic carbocycles. The SMILES string of the molecule is O=C(CCC(=O)c1ccc(Cl)c([N+](=O)[O-])c1)c1ccc(Cl)c([N+](=O)[O-])c1.[Zn]. The van der Waals surface area contributed by atoms with Crippen molar-refractivity contribution in [3.05, 3.63) is 77.8 Å². The third-order valence-electron chi connectivity index (χ3n) is 3.51. The molecule has 0 bridgehead atoms. The number of ketones is 2. The molecule has 0 saturated carbocycles. The number of halogens is 2. The smallest absolute Gasteiger partial charge is 0.288 e. The number of carbonyl (C=O) groups excluding carboxylic acids is 2. The van der Waals surface area contributed by atoms with E-state index in [1.807, 2.05) is 0 Å². The predicted octanol–water partition coefficient (Wildman–Crippen LogP) is 4.65. The predicted molar refractivity (Wildman–Crippen MR) is 94.1 cm³/mol. The van der Waals surface area contributed by atoms with Crippen LogP contribution in [0.25, 0.3) is 0 Å². The second kappa shape index (κ2) is 9.64. The van der Waals surface area contributed by atoms with Crippen LogP contribution in [0.15, 0.2) is 36.4 Å². The molecule has 0 heterocycles. The number of hydrogen-bond donors (Lipinski definition) is 0. The normalized spacial score (nSPS) is 10.0. The molecule has 8 nitrogen and oxygen atoms in total. The van der Waals surface area contributed by atoms with Gasteiger partial charge >= 0.3 is 0 Å². The summed E-state index contributed by atoms with van der Waals surface area (Å²) in [6.07, 6.45) is -0.428. The Hall–Kier alpha value is -2.22. The zero-order chi connectivity index (χ0) is 19.4. The number of Topliss-reactive ketones (excluding diaryl/α,β-unsaturated/α-hetero) is 2. The molecule has 2 aromatic carbocycles. The summed E-state index contributed by atoms with van der Waals surface area (Å²) in [6, 6.07) is 7.21. The van der Waals surface area contributed by atoms with Gasteiger partial charge in [-0.3, -0.25) is 29.8 Å². The Morgan fingerprint density at radius 3 is 1.41 bits per heavy atom. The van der Waals surface area contributed by atoms with Crippen LogP contribution in [0.1, 0.15) is 33.6 Å². The molecule has 2 rings (SSSR count). The van der Waals surface area contributed by atoms with E-state index in [9.17, 15) is 29.8 Å². The standard InChI is InChI=1S/C16H10Cl2N2O6.Zn/c17-11-3-1-9(7-13(11)19(23)24)15(21)5-6-16(22)10-2-4-12(18)14(8-10)20(25)26;/h1-4,7-8H,5-6H2;. The minimum absolute atomic E-state index is 0. The Morgan fingerprint density at radius 1 is 0.778 bits per heavy atom. The van der Waals surface area contributed by atoms with Crippen molar-refractivity contribution in [2.24, 2.45) is 0 Å². The summed E-state index contributed by atoms with van der Waals surface area (Å²) in [6.45, 7) is 0. The summed E-state index contributed by atoms with van der Waals surface area (Å²) in [7, 11) is 0. The van der Waals surface area contributed by atoms with Gasteiger partial charge in [0.15, 0.2) is 11.6 Å². The molecule has 27 heavy (non-hydrogen) atoms. The van der Waals surface area contributed by atoms with Crippen LogP contribution in [0, 0.1) is 20.2 Å². The first-order valence-electron chi connectivity index (χ1n) is 7.15. The molecule has 0 unspecified atom stereocenters. The molecule has 0 saturated heterocycles. The molecule has 0 aliphatic heterocycles. The van der Waals surface area contributed by atoms with Gasteiger partial charge < -0.3 is 0 Å². The van der Waals surface area contributed by atoms with Gasteiger partial charge in [0.05, 0.1) is 9.85 Å². The number of nitro benzene ring substituents is 2. The van der Waals surface area contributed by atoms with E-state index in [0.717, 1.165) is 12.1 Å². The Balaban J connectivity index is 0.00000364. The number of nitrogens with zero attached hydrogens (tertiary/aromatic N) is 2. The summed E-state index contributed by atoms with van der Waals surface area (Å²) in [4.78, 5) is 44.6. The summed E-state index contributed by atoms with van der Waals surface area (Å²) >= 11 is 11.4. The maximum atomic E-state index is 12.1. The fraction of sp³-hybridized carbons (Fsp3) is 0.125. The summed E-state index contributed by atoms with van der Waals surface area (Å²) in [5, 5.41) is 21.5. The summed E-state index contributed by atoms with van der Waals surface area (Å²) in [5.41, 5.74) is -0.707.